The van der Waals surface area contributed by atoms with Gasteiger partial charge in [-0.15, -0.1) is 0 Å². The number of rotatable bonds is 6. The Bertz CT molecular complexity index is 749. The van der Waals surface area contributed by atoms with Crippen LogP contribution in [-0.2, 0) is 11.2 Å². The maximum Gasteiger partial charge on any atom is 0.324 e. The van der Waals surface area contributed by atoms with Crippen LogP contribution in [0.1, 0.15) is 23.7 Å². The minimum atomic E-state index is -0.945. The van der Waals surface area contributed by atoms with Gasteiger partial charge in [0.05, 0.1) is 12.6 Å². The second-order valence-electron chi connectivity index (χ2n) is 6.04. The average Bonchev–Trinajstić information content (AvgIpc) is 2.89. The van der Waals surface area contributed by atoms with Crippen molar-refractivity contribution in [2.45, 2.75) is 25.0 Å². The number of amides is 3. The molecular formula is C19H19ClN2O3. The SMILES string of the molecule is O=C1NC(CCc2ccccc2)C(=O)N1CC(O)c1ccc(Cl)cc1. The number of hydrogen-bond acceptors (Lipinski definition) is 3. The summed E-state index contributed by atoms with van der Waals surface area (Å²) in [6.07, 6.45) is 0.285. The Morgan fingerprint density at radius 3 is 2.44 bits per heavy atom. The van der Waals surface area contributed by atoms with E-state index in [1.165, 1.54) is 0 Å². The lowest BCUT2D eigenvalue weighted by Crippen LogP contribution is -2.35. The van der Waals surface area contributed by atoms with E-state index in [2.05, 4.69) is 5.32 Å². The van der Waals surface area contributed by atoms with Crippen LogP contribution in [0.4, 0.5) is 4.79 Å². The first-order valence-corrected chi connectivity index (χ1v) is 8.51. The largest absolute Gasteiger partial charge is 0.387 e. The highest BCUT2D eigenvalue weighted by Gasteiger charge is 2.38. The van der Waals surface area contributed by atoms with Crippen LogP contribution in [0.2, 0.25) is 5.02 Å². The molecule has 1 fully saturated rings. The number of benzene rings is 2. The van der Waals surface area contributed by atoms with Gasteiger partial charge >= 0.3 is 6.03 Å². The first-order valence-electron chi connectivity index (χ1n) is 8.14. The minimum absolute atomic E-state index is 0.0753. The molecule has 0 spiro atoms. The molecule has 1 heterocycles. The van der Waals surface area contributed by atoms with Crippen molar-refractivity contribution >= 4 is 23.5 Å². The van der Waals surface area contributed by atoms with Crippen molar-refractivity contribution in [3.05, 3.63) is 70.7 Å². The molecule has 0 aliphatic carbocycles. The Morgan fingerprint density at radius 2 is 1.76 bits per heavy atom. The maximum absolute atomic E-state index is 12.5. The molecule has 130 valence electrons. The van der Waals surface area contributed by atoms with Gasteiger partial charge in [0.15, 0.2) is 0 Å². The molecule has 1 aliphatic rings. The summed E-state index contributed by atoms with van der Waals surface area (Å²) in [6.45, 7) is -0.0753. The molecule has 25 heavy (non-hydrogen) atoms. The molecule has 2 aromatic carbocycles. The third-order valence-electron chi connectivity index (χ3n) is 4.28. The van der Waals surface area contributed by atoms with E-state index < -0.39 is 18.2 Å². The van der Waals surface area contributed by atoms with Gasteiger partial charge in [-0.25, -0.2) is 4.79 Å². The van der Waals surface area contributed by atoms with Gasteiger partial charge in [0, 0.05) is 5.02 Å². The highest BCUT2D eigenvalue weighted by Crippen LogP contribution is 2.20. The van der Waals surface area contributed by atoms with Gasteiger partial charge in [0.2, 0.25) is 0 Å². The number of aryl methyl sites for hydroxylation is 1. The molecule has 2 N–H and O–H groups in total. The molecular weight excluding hydrogens is 340 g/mol. The standard InChI is InChI=1S/C19H19ClN2O3/c20-15-9-7-14(8-10-15)17(23)12-22-18(24)16(21-19(22)25)11-6-13-4-2-1-3-5-13/h1-5,7-10,16-17,23H,6,11-12H2,(H,21,25). The number of nitrogens with zero attached hydrogens (tertiary/aromatic N) is 1. The van der Waals surface area contributed by atoms with Gasteiger partial charge in [-0.3, -0.25) is 9.69 Å². The molecule has 0 aromatic heterocycles. The Kier molecular flexibility index (Phi) is 5.36. The number of carbonyl (C=O) groups is 2. The molecule has 0 bridgehead atoms. The number of hydrogen-bond donors (Lipinski definition) is 2. The third-order valence-corrected chi connectivity index (χ3v) is 4.53. The topological polar surface area (TPSA) is 69.6 Å². The highest BCUT2D eigenvalue weighted by molar-refractivity contribution is 6.30. The van der Waals surface area contributed by atoms with Crippen LogP contribution in [0.25, 0.3) is 0 Å². The van der Waals surface area contributed by atoms with Crippen molar-refractivity contribution in [1.29, 1.82) is 0 Å². The fraction of sp³-hybridized carbons (Fsp3) is 0.263. The van der Waals surface area contributed by atoms with Crippen molar-refractivity contribution in [2.75, 3.05) is 6.54 Å². The molecule has 0 radical (unpaired) electrons. The fourth-order valence-corrected chi connectivity index (χ4v) is 2.99. The summed E-state index contributed by atoms with van der Waals surface area (Å²) in [7, 11) is 0. The molecule has 1 saturated heterocycles. The second-order valence-corrected chi connectivity index (χ2v) is 6.48. The first-order chi connectivity index (χ1) is 12.0. The van der Waals surface area contributed by atoms with Crippen molar-refractivity contribution < 1.29 is 14.7 Å². The zero-order valence-electron chi connectivity index (χ0n) is 13.6. The summed E-state index contributed by atoms with van der Waals surface area (Å²) >= 11 is 5.83. The van der Waals surface area contributed by atoms with Crippen LogP contribution in [0, 0.1) is 0 Å². The quantitative estimate of drug-likeness (QED) is 0.780. The zero-order chi connectivity index (χ0) is 17.8. The van der Waals surface area contributed by atoms with Crippen LogP contribution in [0.5, 0.6) is 0 Å². The molecule has 3 amide bonds. The van der Waals surface area contributed by atoms with Gasteiger partial charge in [-0.05, 0) is 36.1 Å². The number of urea groups is 1. The van der Waals surface area contributed by atoms with Crippen molar-refractivity contribution in [1.82, 2.24) is 10.2 Å². The van der Waals surface area contributed by atoms with E-state index in [4.69, 9.17) is 11.6 Å². The Balaban J connectivity index is 1.60. The Hall–Kier alpha value is -2.37. The highest BCUT2D eigenvalue weighted by atomic mass is 35.5. The normalized spacial score (nSPS) is 18.3. The van der Waals surface area contributed by atoms with Gasteiger partial charge in [-0.2, -0.15) is 0 Å². The molecule has 2 atom stereocenters. The molecule has 2 aromatic rings. The van der Waals surface area contributed by atoms with Crippen LogP contribution in [-0.4, -0.2) is 34.5 Å². The van der Waals surface area contributed by atoms with Crippen molar-refractivity contribution in [3.63, 3.8) is 0 Å². The molecule has 6 heteroatoms. The van der Waals surface area contributed by atoms with Gasteiger partial charge < -0.3 is 10.4 Å². The lowest BCUT2D eigenvalue weighted by molar-refractivity contribution is -0.128. The first kappa shape index (κ1) is 17.5. The Morgan fingerprint density at radius 1 is 1.08 bits per heavy atom. The average molecular weight is 359 g/mol. The number of imide groups is 1. The summed E-state index contributed by atoms with van der Waals surface area (Å²) < 4.78 is 0. The van der Waals surface area contributed by atoms with Gasteiger partial charge in [-0.1, -0.05) is 54.1 Å². The number of aliphatic hydroxyl groups is 1. The van der Waals surface area contributed by atoms with Crippen LogP contribution in [0.3, 0.4) is 0 Å². The molecule has 1 aliphatic heterocycles. The molecule has 5 nitrogen and oxygen atoms in total. The molecule has 3 rings (SSSR count). The lowest BCUT2D eigenvalue weighted by atomic mass is 10.1. The van der Waals surface area contributed by atoms with Crippen molar-refractivity contribution in [2.24, 2.45) is 0 Å². The summed E-state index contributed by atoms with van der Waals surface area (Å²) in [5.41, 5.74) is 1.72. The third kappa shape index (κ3) is 4.18. The van der Waals surface area contributed by atoms with E-state index in [-0.39, 0.29) is 12.5 Å². The van der Waals surface area contributed by atoms with Crippen molar-refractivity contribution in [3.8, 4) is 0 Å². The maximum atomic E-state index is 12.5. The number of nitrogens with one attached hydrogen (secondary N) is 1. The summed E-state index contributed by atoms with van der Waals surface area (Å²) in [5, 5.41) is 13.5. The van der Waals surface area contributed by atoms with E-state index in [9.17, 15) is 14.7 Å². The van der Waals surface area contributed by atoms with E-state index >= 15 is 0 Å². The number of halogens is 1. The van der Waals surface area contributed by atoms with E-state index in [1.807, 2.05) is 30.3 Å². The molecule has 0 saturated carbocycles. The predicted molar refractivity (Wildman–Crippen MR) is 95.2 cm³/mol. The fourth-order valence-electron chi connectivity index (χ4n) is 2.86. The minimum Gasteiger partial charge on any atom is -0.387 e. The Labute approximate surface area is 151 Å². The van der Waals surface area contributed by atoms with Gasteiger partial charge in [0.1, 0.15) is 6.04 Å². The van der Waals surface area contributed by atoms with E-state index in [0.717, 1.165) is 10.5 Å². The molecule has 2 unspecified atom stereocenters. The van der Waals surface area contributed by atoms with Crippen LogP contribution in [0.15, 0.2) is 54.6 Å². The smallest absolute Gasteiger partial charge is 0.324 e. The van der Waals surface area contributed by atoms with Crippen LogP contribution < -0.4 is 5.32 Å². The predicted octanol–water partition coefficient (Wildman–Crippen LogP) is 2.93. The van der Waals surface area contributed by atoms with Gasteiger partial charge in [0.25, 0.3) is 5.91 Å². The van der Waals surface area contributed by atoms with E-state index in [0.29, 0.717) is 23.4 Å². The summed E-state index contributed by atoms with van der Waals surface area (Å²) in [6, 6.07) is 15.5. The number of carbonyl (C=O) groups excluding carboxylic acids is 2. The summed E-state index contributed by atoms with van der Waals surface area (Å²) in [4.78, 5) is 25.6. The monoisotopic (exact) mass is 358 g/mol. The van der Waals surface area contributed by atoms with E-state index in [1.54, 1.807) is 24.3 Å². The van der Waals surface area contributed by atoms with Crippen LogP contribution >= 0.6 is 11.6 Å². The number of aliphatic hydroxyl groups excluding tert-OH is 1. The summed E-state index contributed by atoms with van der Waals surface area (Å²) in [5.74, 6) is -0.297. The number of β-amino-alcohol motifs (C(OH)–C–C–N with tert-alkyl or cyclic N) is 1. The lowest BCUT2D eigenvalue weighted by Gasteiger charge is -2.18. The zero-order valence-corrected chi connectivity index (χ0v) is 14.3. The second kappa shape index (κ2) is 7.68.